The molecule has 1 aromatic heterocycles. The van der Waals surface area contributed by atoms with Gasteiger partial charge in [0.15, 0.2) is 6.10 Å². The molecule has 0 bridgehead atoms. The summed E-state index contributed by atoms with van der Waals surface area (Å²) in [5.74, 6) is -0.154. The van der Waals surface area contributed by atoms with Gasteiger partial charge >= 0.3 is 5.97 Å². The molecule has 0 fully saturated rings. The van der Waals surface area contributed by atoms with Gasteiger partial charge in [-0.3, -0.25) is 0 Å². The lowest BCUT2D eigenvalue weighted by atomic mass is 10.3. The van der Waals surface area contributed by atoms with Crippen LogP contribution in [0.15, 0.2) is 40.8 Å². The zero-order valence-electron chi connectivity index (χ0n) is 9.59. The molecular formula is C13H11ClO4. The molecule has 0 saturated heterocycles. The molecule has 94 valence electrons. The number of carboxylic acid groups (broad SMARTS) is 1. The molecule has 0 saturated carbocycles. The number of carbonyl (C=O) groups is 1. The van der Waals surface area contributed by atoms with Crippen molar-refractivity contribution in [3.05, 3.63) is 52.9 Å². The molecule has 0 aliphatic carbocycles. The summed E-state index contributed by atoms with van der Waals surface area (Å²) >= 11 is 5.84. The maximum absolute atomic E-state index is 10.7. The molecule has 1 heterocycles. The predicted octanol–water partition coefficient (Wildman–Crippen LogP) is 3.77. The molecule has 0 spiro atoms. The quantitative estimate of drug-likeness (QED) is 0.915. The van der Waals surface area contributed by atoms with Crippen LogP contribution < -0.4 is 4.74 Å². The van der Waals surface area contributed by atoms with Gasteiger partial charge in [-0.05, 0) is 37.3 Å². The van der Waals surface area contributed by atoms with Crippen LogP contribution in [0, 0.1) is 0 Å². The van der Waals surface area contributed by atoms with Crippen LogP contribution in [0.3, 0.4) is 0 Å². The Balaban J connectivity index is 2.11. The maximum Gasteiger partial charge on any atom is 0.371 e. The van der Waals surface area contributed by atoms with E-state index in [1.807, 2.05) is 0 Å². The van der Waals surface area contributed by atoms with Crippen LogP contribution in [0.25, 0.3) is 0 Å². The molecule has 4 nitrogen and oxygen atoms in total. The average Bonchev–Trinajstić information content (AvgIpc) is 2.78. The van der Waals surface area contributed by atoms with Crippen LogP contribution in [0.5, 0.6) is 5.75 Å². The van der Waals surface area contributed by atoms with E-state index in [1.54, 1.807) is 37.3 Å². The first kappa shape index (κ1) is 12.5. The first-order valence-corrected chi connectivity index (χ1v) is 5.69. The summed E-state index contributed by atoms with van der Waals surface area (Å²) in [4.78, 5) is 10.7. The monoisotopic (exact) mass is 266 g/mol. The van der Waals surface area contributed by atoms with Gasteiger partial charge < -0.3 is 14.3 Å². The van der Waals surface area contributed by atoms with Crippen molar-refractivity contribution in [1.82, 2.24) is 0 Å². The fourth-order valence-electron chi connectivity index (χ4n) is 1.49. The molecule has 1 unspecified atom stereocenters. The van der Waals surface area contributed by atoms with Gasteiger partial charge in [0.05, 0.1) is 0 Å². The van der Waals surface area contributed by atoms with Gasteiger partial charge in [-0.15, -0.1) is 0 Å². The number of hydrogen-bond acceptors (Lipinski definition) is 3. The number of carboxylic acids is 1. The molecule has 2 rings (SSSR count). The van der Waals surface area contributed by atoms with Gasteiger partial charge in [0.2, 0.25) is 5.76 Å². The van der Waals surface area contributed by atoms with Gasteiger partial charge in [-0.1, -0.05) is 17.7 Å². The van der Waals surface area contributed by atoms with Crippen LogP contribution in [-0.2, 0) is 0 Å². The predicted molar refractivity (Wildman–Crippen MR) is 66.2 cm³/mol. The summed E-state index contributed by atoms with van der Waals surface area (Å²) in [7, 11) is 0. The Morgan fingerprint density at radius 2 is 2.17 bits per heavy atom. The second kappa shape index (κ2) is 5.14. The van der Waals surface area contributed by atoms with E-state index in [-0.39, 0.29) is 5.76 Å². The molecule has 2 aromatic rings. The number of rotatable bonds is 4. The van der Waals surface area contributed by atoms with Crippen LogP contribution in [0.2, 0.25) is 5.02 Å². The minimum Gasteiger partial charge on any atom is -0.483 e. The molecule has 1 N–H and O–H groups in total. The molecule has 1 atom stereocenters. The summed E-state index contributed by atoms with van der Waals surface area (Å²) in [5, 5.41) is 9.33. The van der Waals surface area contributed by atoms with Crippen LogP contribution in [0.4, 0.5) is 0 Å². The van der Waals surface area contributed by atoms with Gasteiger partial charge in [0.25, 0.3) is 0 Å². The highest BCUT2D eigenvalue weighted by molar-refractivity contribution is 6.30. The average molecular weight is 267 g/mol. The standard InChI is InChI=1S/C13H11ClO4/c1-8(11-5-6-12(18-11)13(15)16)17-10-4-2-3-9(14)7-10/h2-8H,1H3,(H,15,16). The number of furan rings is 1. The van der Waals surface area contributed by atoms with E-state index in [9.17, 15) is 4.79 Å². The second-order valence-electron chi connectivity index (χ2n) is 3.72. The zero-order valence-corrected chi connectivity index (χ0v) is 10.3. The lowest BCUT2D eigenvalue weighted by Gasteiger charge is -2.12. The summed E-state index contributed by atoms with van der Waals surface area (Å²) < 4.78 is 10.8. The molecule has 5 heteroatoms. The zero-order chi connectivity index (χ0) is 13.1. The SMILES string of the molecule is CC(Oc1cccc(Cl)c1)c1ccc(C(=O)O)o1. The van der Waals surface area contributed by atoms with E-state index in [1.165, 1.54) is 6.07 Å². The number of benzene rings is 1. The largest absolute Gasteiger partial charge is 0.483 e. The van der Waals surface area contributed by atoms with Crippen LogP contribution >= 0.6 is 11.6 Å². The topological polar surface area (TPSA) is 59.7 Å². The maximum atomic E-state index is 10.7. The smallest absolute Gasteiger partial charge is 0.371 e. The third-order valence-corrected chi connectivity index (χ3v) is 2.58. The van der Waals surface area contributed by atoms with Gasteiger partial charge in [-0.2, -0.15) is 0 Å². The minimum absolute atomic E-state index is 0.105. The normalized spacial score (nSPS) is 12.1. The van der Waals surface area contributed by atoms with E-state index in [0.29, 0.717) is 16.5 Å². The van der Waals surface area contributed by atoms with E-state index >= 15 is 0 Å². The van der Waals surface area contributed by atoms with Crippen molar-refractivity contribution < 1.29 is 19.1 Å². The van der Waals surface area contributed by atoms with Gasteiger partial charge in [0, 0.05) is 5.02 Å². The van der Waals surface area contributed by atoms with Crippen molar-refractivity contribution in [2.75, 3.05) is 0 Å². The molecule has 0 radical (unpaired) electrons. The van der Waals surface area contributed by atoms with Crippen molar-refractivity contribution in [1.29, 1.82) is 0 Å². The van der Waals surface area contributed by atoms with Crippen LogP contribution in [0.1, 0.15) is 29.3 Å². The number of ether oxygens (including phenoxy) is 1. The Morgan fingerprint density at radius 1 is 1.39 bits per heavy atom. The highest BCUT2D eigenvalue weighted by Gasteiger charge is 2.15. The third kappa shape index (κ3) is 2.84. The van der Waals surface area contributed by atoms with Crippen molar-refractivity contribution in [3.8, 4) is 5.75 Å². The molecule has 0 aliphatic heterocycles. The molecule has 0 amide bonds. The fraction of sp³-hybridized carbons (Fsp3) is 0.154. The first-order chi connectivity index (χ1) is 8.56. The number of halogens is 1. The summed E-state index contributed by atoms with van der Waals surface area (Å²) in [6.07, 6.45) is -0.392. The first-order valence-electron chi connectivity index (χ1n) is 5.31. The second-order valence-corrected chi connectivity index (χ2v) is 4.16. The van der Waals surface area contributed by atoms with Crippen molar-refractivity contribution >= 4 is 17.6 Å². The summed E-state index contributed by atoms with van der Waals surface area (Å²) in [6, 6.07) is 9.94. The van der Waals surface area contributed by atoms with Crippen molar-refractivity contribution in [2.24, 2.45) is 0 Å². The lowest BCUT2D eigenvalue weighted by molar-refractivity contribution is 0.0655. The Morgan fingerprint density at radius 3 is 2.78 bits per heavy atom. The Labute approximate surface area is 109 Å². The Bertz CT molecular complexity index is 562. The minimum atomic E-state index is -1.10. The molecule has 18 heavy (non-hydrogen) atoms. The molecule has 1 aromatic carbocycles. The number of hydrogen-bond donors (Lipinski definition) is 1. The van der Waals surface area contributed by atoms with E-state index in [2.05, 4.69) is 0 Å². The summed E-state index contributed by atoms with van der Waals surface area (Å²) in [5.41, 5.74) is 0. The number of aromatic carboxylic acids is 1. The fourth-order valence-corrected chi connectivity index (χ4v) is 1.67. The lowest BCUT2D eigenvalue weighted by Crippen LogP contribution is -2.02. The van der Waals surface area contributed by atoms with E-state index in [0.717, 1.165) is 0 Å². The highest BCUT2D eigenvalue weighted by Crippen LogP contribution is 2.25. The summed E-state index contributed by atoms with van der Waals surface area (Å²) in [6.45, 7) is 1.77. The van der Waals surface area contributed by atoms with E-state index < -0.39 is 12.1 Å². The highest BCUT2D eigenvalue weighted by atomic mass is 35.5. The molecular weight excluding hydrogens is 256 g/mol. The molecule has 0 aliphatic rings. The Kier molecular flexibility index (Phi) is 3.58. The van der Waals surface area contributed by atoms with Crippen LogP contribution in [-0.4, -0.2) is 11.1 Å². The van der Waals surface area contributed by atoms with E-state index in [4.69, 9.17) is 25.9 Å². The van der Waals surface area contributed by atoms with Gasteiger partial charge in [0.1, 0.15) is 11.5 Å². The van der Waals surface area contributed by atoms with Gasteiger partial charge in [-0.25, -0.2) is 4.79 Å². The van der Waals surface area contributed by atoms with Crippen molar-refractivity contribution in [2.45, 2.75) is 13.0 Å². The third-order valence-electron chi connectivity index (χ3n) is 2.35. The Hall–Kier alpha value is -1.94. The van der Waals surface area contributed by atoms with Crippen molar-refractivity contribution in [3.63, 3.8) is 0 Å².